The van der Waals surface area contributed by atoms with E-state index in [4.69, 9.17) is 48.9 Å². The Morgan fingerprint density at radius 1 is 0.375 bits per heavy atom. The summed E-state index contributed by atoms with van der Waals surface area (Å²) in [6.45, 7) is 0. The van der Waals surface area contributed by atoms with Crippen molar-refractivity contribution in [3.63, 3.8) is 0 Å². The molecule has 26 heteroatoms. The van der Waals surface area contributed by atoms with Crippen molar-refractivity contribution < 1.29 is 99.5 Å². The van der Waals surface area contributed by atoms with Crippen molar-refractivity contribution in [1.82, 2.24) is 0 Å². The molecule has 192 valence electrons. The first-order valence-electron chi connectivity index (χ1n) is 7.26. The van der Waals surface area contributed by atoms with Crippen LogP contribution in [0.4, 0.5) is 0 Å². The monoisotopic (exact) mass is 580 g/mol. The van der Waals surface area contributed by atoms with Crippen molar-refractivity contribution in [2.45, 2.75) is 36.6 Å². The summed E-state index contributed by atoms with van der Waals surface area (Å²) in [6, 6.07) is 0. The van der Waals surface area contributed by atoms with E-state index in [1.807, 2.05) is 0 Å². The van der Waals surface area contributed by atoms with Crippen molar-refractivity contribution >= 4 is 39.1 Å². The predicted octanol–water partition coefficient (Wildman–Crippen LogP) is -3.25. The van der Waals surface area contributed by atoms with Crippen LogP contribution in [0.2, 0.25) is 0 Å². The van der Waals surface area contributed by atoms with Gasteiger partial charge in [-0.25, -0.2) is 22.8 Å². The first-order valence-corrected chi connectivity index (χ1v) is 14.9. The molecule has 0 radical (unpaired) electrons. The molecule has 0 aromatic heterocycles. The third-order valence-electron chi connectivity index (χ3n) is 3.26. The summed E-state index contributed by atoms with van der Waals surface area (Å²) >= 11 is 0. The highest BCUT2D eigenvalue weighted by atomic mass is 31.2. The number of aliphatic hydroxyl groups excluding tert-OH is 1. The molecule has 1 fully saturated rings. The van der Waals surface area contributed by atoms with Gasteiger partial charge in [0.25, 0.3) is 0 Å². The number of phosphoric acid groups is 5. The number of phosphoric ester groups is 5. The molecule has 0 saturated heterocycles. The molecule has 0 spiro atoms. The van der Waals surface area contributed by atoms with Crippen LogP contribution < -0.4 is 0 Å². The van der Waals surface area contributed by atoms with Crippen molar-refractivity contribution in [2.24, 2.45) is 0 Å². The number of rotatable bonds is 10. The van der Waals surface area contributed by atoms with Crippen LogP contribution >= 0.6 is 39.1 Å². The summed E-state index contributed by atoms with van der Waals surface area (Å²) in [7, 11) is -29.1. The van der Waals surface area contributed by atoms with Gasteiger partial charge in [-0.1, -0.05) is 0 Å². The lowest BCUT2D eigenvalue weighted by Crippen LogP contribution is -2.66. The molecule has 0 heterocycles. The van der Waals surface area contributed by atoms with Crippen molar-refractivity contribution in [1.29, 1.82) is 0 Å². The normalized spacial score (nSPS) is 31.0. The summed E-state index contributed by atoms with van der Waals surface area (Å²) in [4.78, 5) is 90.1. The molecule has 11 N–H and O–H groups in total. The average Bonchev–Trinajstić information content (AvgIpc) is 2.45. The molecule has 21 nitrogen and oxygen atoms in total. The van der Waals surface area contributed by atoms with Gasteiger partial charge in [0.05, 0.1) is 0 Å². The second-order valence-corrected chi connectivity index (χ2v) is 11.8. The van der Waals surface area contributed by atoms with E-state index in [0.717, 1.165) is 0 Å². The van der Waals surface area contributed by atoms with Gasteiger partial charge in [0.1, 0.15) is 36.6 Å². The highest BCUT2D eigenvalue weighted by Gasteiger charge is 2.60. The van der Waals surface area contributed by atoms with E-state index in [2.05, 4.69) is 22.6 Å². The first kappa shape index (κ1) is 30.5. The average molecular weight is 580 g/mol. The fourth-order valence-corrected chi connectivity index (χ4v) is 5.33. The van der Waals surface area contributed by atoms with Crippen LogP contribution in [-0.4, -0.2) is 90.7 Å². The maximum atomic E-state index is 11.3. The van der Waals surface area contributed by atoms with Crippen LogP contribution in [0.25, 0.3) is 0 Å². The van der Waals surface area contributed by atoms with Gasteiger partial charge in [-0.3, -0.25) is 22.6 Å². The molecule has 32 heavy (non-hydrogen) atoms. The minimum absolute atomic E-state index is 2.85. The maximum Gasteiger partial charge on any atom is 0.470 e. The molecule has 1 saturated carbocycles. The molecule has 0 aliphatic heterocycles. The Morgan fingerprint density at radius 2 is 0.531 bits per heavy atom. The van der Waals surface area contributed by atoms with Gasteiger partial charge in [-0.05, 0) is 0 Å². The minimum Gasteiger partial charge on any atom is -0.387 e. The molecule has 0 amide bonds. The number of aliphatic hydroxyl groups is 1. The molecule has 0 aromatic rings. The van der Waals surface area contributed by atoms with Crippen LogP contribution in [0.5, 0.6) is 0 Å². The highest BCUT2D eigenvalue weighted by molar-refractivity contribution is 7.47. The summed E-state index contributed by atoms with van der Waals surface area (Å²) in [6.07, 6.45) is -17.4. The molecule has 0 aromatic carbocycles. The molecule has 1 rings (SSSR count). The van der Waals surface area contributed by atoms with E-state index >= 15 is 0 Å². The van der Waals surface area contributed by atoms with E-state index in [1.165, 1.54) is 0 Å². The predicted molar refractivity (Wildman–Crippen MR) is 90.6 cm³/mol. The fourth-order valence-electron chi connectivity index (χ4n) is 2.53. The molecule has 1 aliphatic rings. The maximum absolute atomic E-state index is 11.3. The Kier molecular flexibility index (Phi) is 9.78. The zero-order chi connectivity index (χ0) is 25.5. The largest absolute Gasteiger partial charge is 0.470 e. The van der Waals surface area contributed by atoms with Crippen LogP contribution in [0.3, 0.4) is 0 Å². The summed E-state index contributed by atoms with van der Waals surface area (Å²) in [5.41, 5.74) is 0. The fraction of sp³-hybridized carbons (Fsp3) is 1.00. The Balaban J connectivity index is 3.77. The second kappa shape index (κ2) is 10.2. The lowest BCUT2D eigenvalue weighted by atomic mass is 9.85. The van der Waals surface area contributed by atoms with Crippen LogP contribution in [-0.2, 0) is 45.4 Å². The smallest absolute Gasteiger partial charge is 0.387 e. The van der Waals surface area contributed by atoms with Crippen LogP contribution in [0.15, 0.2) is 0 Å². The van der Waals surface area contributed by atoms with Gasteiger partial charge in [-0.15, -0.1) is 0 Å². The standard InChI is InChI=1S/C6H17O21P5/c7-1-2(23-28(8,9)10)4(25-30(14,15)16)6(27-32(20,21)22)5(26-31(17,18)19)3(1)24-29(11,12)13/h1-7H,(H2,8,9,10)(H2,11,12,13)(H2,14,15,16)(H2,17,18,19)(H2,20,21,22)/t1?,2-,3-,4-,5+,6?/m1/s1. The van der Waals surface area contributed by atoms with Gasteiger partial charge in [-0.2, -0.15) is 0 Å². The lowest BCUT2D eigenvalue weighted by Gasteiger charge is -2.47. The molecule has 6 atom stereocenters. The van der Waals surface area contributed by atoms with Gasteiger partial charge in [0.15, 0.2) is 0 Å². The number of hydrogen-bond acceptors (Lipinski definition) is 11. The first-order chi connectivity index (χ1) is 13.9. The van der Waals surface area contributed by atoms with Gasteiger partial charge < -0.3 is 54.0 Å². The lowest BCUT2D eigenvalue weighted by molar-refractivity contribution is -0.205. The summed E-state index contributed by atoms with van der Waals surface area (Å²) < 4.78 is 76.6. The van der Waals surface area contributed by atoms with Gasteiger partial charge in [0.2, 0.25) is 0 Å². The highest BCUT2D eigenvalue weighted by Crippen LogP contribution is 2.54. The minimum atomic E-state index is -5.86. The number of hydrogen-bond donors (Lipinski definition) is 11. The van der Waals surface area contributed by atoms with Crippen molar-refractivity contribution in [3.8, 4) is 0 Å². The Morgan fingerprint density at radius 3 is 0.719 bits per heavy atom. The van der Waals surface area contributed by atoms with E-state index in [-0.39, 0.29) is 0 Å². The quantitative estimate of drug-likeness (QED) is 0.113. The van der Waals surface area contributed by atoms with E-state index in [0.29, 0.717) is 0 Å². The topological polar surface area (TPSA) is 354 Å². The van der Waals surface area contributed by atoms with E-state index in [9.17, 15) is 27.9 Å². The molecular weight excluding hydrogens is 563 g/mol. The summed E-state index contributed by atoms with van der Waals surface area (Å²) in [5, 5.41) is 10.3. The van der Waals surface area contributed by atoms with Gasteiger partial charge >= 0.3 is 39.1 Å². The SMILES string of the molecule is O=P(O)(O)OC1[C@@H](OP(=O)(O)O)[C@H](OP(=O)(O)O)C(O)[C@@H](OP(=O)(O)O)[C@H]1OP(=O)(O)O. The second-order valence-electron chi connectivity index (χ2n) is 5.79. The zero-order valence-corrected chi connectivity index (χ0v) is 19.2. The molecule has 2 unspecified atom stereocenters. The Bertz CT molecular complexity index is 824. The van der Waals surface area contributed by atoms with Crippen molar-refractivity contribution in [2.75, 3.05) is 0 Å². The molecule has 1 aliphatic carbocycles. The summed E-state index contributed by atoms with van der Waals surface area (Å²) in [5.74, 6) is 0. The van der Waals surface area contributed by atoms with Crippen LogP contribution in [0.1, 0.15) is 0 Å². The van der Waals surface area contributed by atoms with Gasteiger partial charge in [0, 0.05) is 0 Å². The van der Waals surface area contributed by atoms with E-state index < -0.39 is 75.7 Å². The third-order valence-corrected chi connectivity index (χ3v) is 5.85. The van der Waals surface area contributed by atoms with Crippen LogP contribution in [0, 0.1) is 0 Å². The molecular formula is C6H17O21P5. The van der Waals surface area contributed by atoms with Crippen molar-refractivity contribution in [3.05, 3.63) is 0 Å². The molecule has 0 bridgehead atoms. The van der Waals surface area contributed by atoms with E-state index in [1.54, 1.807) is 0 Å². The Labute approximate surface area is 176 Å². The Hall–Kier alpha value is 0.510. The zero-order valence-electron chi connectivity index (χ0n) is 14.7. The third kappa shape index (κ3) is 10.8.